The van der Waals surface area contributed by atoms with Crippen LogP contribution in [0.1, 0.15) is 45.6 Å². The molecule has 0 saturated carbocycles. The standard InChI is InChI=1S/C14H26N2O3/c1-5-6-17-7-8-18-11-13-9-12(16-19-13)10-15-14(2,3)4/h9,15H,5-8,10-11H2,1-4H3. The highest BCUT2D eigenvalue weighted by Crippen LogP contribution is 2.07. The number of nitrogens with one attached hydrogen (secondary N) is 1. The summed E-state index contributed by atoms with van der Waals surface area (Å²) in [4.78, 5) is 0. The molecule has 0 radical (unpaired) electrons. The van der Waals surface area contributed by atoms with E-state index in [-0.39, 0.29) is 5.54 Å². The third-order valence-electron chi connectivity index (χ3n) is 2.37. The Morgan fingerprint density at radius 2 is 1.95 bits per heavy atom. The Labute approximate surface area is 115 Å². The fourth-order valence-electron chi connectivity index (χ4n) is 1.40. The summed E-state index contributed by atoms with van der Waals surface area (Å²) in [6.45, 7) is 11.6. The summed E-state index contributed by atoms with van der Waals surface area (Å²) in [5.74, 6) is 0.751. The van der Waals surface area contributed by atoms with E-state index >= 15 is 0 Å². The van der Waals surface area contributed by atoms with Crippen LogP contribution < -0.4 is 5.32 Å². The lowest BCUT2D eigenvalue weighted by Crippen LogP contribution is -2.35. The molecule has 110 valence electrons. The van der Waals surface area contributed by atoms with Crippen molar-refractivity contribution in [1.29, 1.82) is 0 Å². The molecule has 0 aromatic carbocycles. The van der Waals surface area contributed by atoms with E-state index < -0.39 is 0 Å². The molecule has 1 N–H and O–H groups in total. The van der Waals surface area contributed by atoms with Gasteiger partial charge in [0.1, 0.15) is 6.61 Å². The molecule has 5 nitrogen and oxygen atoms in total. The maximum absolute atomic E-state index is 5.45. The molecule has 0 atom stereocenters. The van der Waals surface area contributed by atoms with Crippen LogP contribution in [0.15, 0.2) is 10.6 Å². The molecule has 0 bridgehead atoms. The van der Waals surface area contributed by atoms with Crippen LogP contribution in [0.25, 0.3) is 0 Å². The molecule has 0 saturated heterocycles. The molecule has 1 heterocycles. The highest BCUT2D eigenvalue weighted by atomic mass is 16.5. The molecule has 1 aromatic rings. The predicted molar refractivity (Wildman–Crippen MR) is 73.9 cm³/mol. The van der Waals surface area contributed by atoms with Gasteiger partial charge in [-0.2, -0.15) is 0 Å². The predicted octanol–water partition coefficient (Wildman–Crippen LogP) is 2.51. The largest absolute Gasteiger partial charge is 0.379 e. The first kappa shape index (κ1) is 16.1. The van der Waals surface area contributed by atoms with Crippen LogP contribution in [0, 0.1) is 0 Å². The van der Waals surface area contributed by atoms with E-state index in [0.717, 1.165) is 24.5 Å². The molecule has 0 spiro atoms. The van der Waals surface area contributed by atoms with Crippen molar-refractivity contribution in [3.63, 3.8) is 0 Å². The summed E-state index contributed by atoms with van der Waals surface area (Å²) < 4.78 is 16.0. The minimum atomic E-state index is 0.0756. The Kier molecular flexibility index (Phi) is 7.05. The van der Waals surface area contributed by atoms with Gasteiger partial charge < -0.3 is 19.3 Å². The lowest BCUT2D eigenvalue weighted by Gasteiger charge is -2.19. The number of hydrogen-bond acceptors (Lipinski definition) is 5. The molecule has 1 aromatic heterocycles. The molecule has 1 rings (SSSR count). The van der Waals surface area contributed by atoms with Crippen molar-refractivity contribution in [1.82, 2.24) is 10.5 Å². The number of rotatable bonds is 9. The van der Waals surface area contributed by atoms with Gasteiger partial charge in [-0.15, -0.1) is 0 Å². The zero-order valence-electron chi connectivity index (χ0n) is 12.5. The number of aromatic nitrogens is 1. The second-order valence-corrected chi connectivity index (χ2v) is 5.55. The van der Waals surface area contributed by atoms with E-state index in [0.29, 0.717) is 26.4 Å². The number of hydrogen-bond donors (Lipinski definition) is 1. The van der Waals surface area contributed by atoms with Crippen LogP contribution in [0.5, 0.6) is 0 Å². The van der Waals surface area contributed by atoms with Gasteiger partial charge in [-0.3, -0.25) is 0 Å². The topological polar surface area (TPSA) is 56.5 Å². The maximum atomic E-state index is 5.45. The molecular formula is C14H26N2O3. The molecule has 0 fully saturated rings. The van der Waals surface area contributed by atoms with Crippen LogP contribution in [0.2, 0.25) is 0 Å². The van der Waals surface area contributed by atoms with Crippen molar-refractivity contribution in [3.05, 3.63) is 17.5 Å². The molecule has 0 unspecified atom stereocenters. The van der Waals surface area contributed by atoms with Gasteiger partial charge in [0.05, 0.1) is 18.9 Å². The lowest BCUT2D eigenvalue weighted by atomic mass is 10.1. The Morgan fingerprint density at radius 3 is 2.63 bits per heavy atom. The van der Waals surface area contributed by atoms with Gasteiger partial charge in [-0.25, -0.2) is 0 Å². The van der Waals surface area contributed by atoms with E-state index in [9.17, 15) is 0 Å². The third-order valence-corrected chi connectivity index (χ3v) is 2.37. The van der Waals surface area contributed by atoms with Crippen molar-refractivity contribution < 1.29 is 14.0 Å². The Bertz CT molecular complexity index is 345. The van der Waals surface area contributed by atoms with E-state index in [2.05, 4.69) is 38.2 Å². The van der Waals surface area contributed by atoms with Gasteiger partial charge in [-0.05, 0) is 27.2 Å². The van der Waals surface area contributed by atoms with Gasteiger partial charge >= 0.3 is 0 Å². The second kappa shape index (κ2) is 8.30. The van der Waals surface area contributed by atoms with Crippen molar-refractivity contribution in [2.24, 2.45) is 0 Å². The van der Waals surface area contributed by atoms with E-state index in [1.165, 1.54) is 0 Å². The van der Waals surface area contributed by atoms with Gasteiger partial charge in [0.25, 0.3) is 0 Å². The van der Waals surface area contributed by atoms with E-state index in [4.69, 9.17) is 14.0 Å². The minimum absolute atomic E-state index is 0.0756. The second-order valence-electron chi connectivity index (χ2n) is 5.55. The molecular weight excluding hydrogens is 244 g/mol. The smallest absolute Gasteiger partial charge is 0.162 e. The van der Waals surface area contributed by atoms with Gasteiger partial charge in [0.2, 0.25) is 0 Å². The van der Waals surface area contributed by atoms with Crippen molar-refractivity contribution in [3.8, 4) is 0 Å². The lowest BCUT2D eigenvalue weighted by molar-refractivity contribution is 0.0333. The first-order valence-corrected chi connectivity index (χ1v) is 6.86. The summed E-state index contributed by atoms with van der Waals surface area (Å²) in [5, 5.41) is 7.36. The molecule has 0 aliphatic rings. The molecule has 0 amide bonds. The Balaban J connectivity index is 2.16. The summed E-state index contributed by atoms with van der Waals surface area (Å²) in [5.41, 5.74) is 0.974. The van der Waals surface area contributed by atoms with Crippen molar-refractivity contribution in [2.45, 2.75) is 52.8 Å². The number of ether oxygens (including phenoxy) is 2. The zero-order chi connectivity index (χ0) is 14.1. The molecule has 0 aliphatic carbocycles. The fourth-order valence-corrected chi connectivity index (χ4v) is 1.40. The molecule has 5 heteroatoms. The summed E-state index contributed by atoms with van der Waals surface area (Å²) >= 11 is 0. The van der Waals surface area contributed by atoms with Crippen molar-refractivity contribution >= 4 is 0 Å². The Hall–Kier alpha value is -0.910. The monoisotopic (exact) mass is 270 g/mol. The minimum Gasteiger partial charge on any atom is -0.379 e. The van der Waals surface area contributed by atoms with Crippen LogP contribution >= 0.6 is 0 Å². The number of nitrogens with zero attached hydrogens (tertiary/aromatic N) is 1. The van der Waals surface area contributed by atoms with Gasteiger partial charge in [0, 0.05) is 24.8 Å². The first-order valence-electron chi connectivity index (χ1n) is 6.86. The normalized spacial score (nSPS) is 12.0. The summed E-state index contributed by atoms with van der Waals surface area (Å²) in [6, 6.07) is 1.92. The van der Waals surface area contributed by atoms with Crippen LogP contribution in [-0.2, 0) is 22.6 Å². The van der Waals surface area contributed by atoms with Crippen LogP contribution in [0.3, 0.4) is 0 Å². The quantitative estimate of drug-likeness (QED) is 0.699. The highest BCUT2D eigenvalue weighted by molar-refractivity contribution is 5.04. The van der Waals surface area contributed by atoms with E-state index in [1.54, 1.807) is 0 Å². The average molecular weight is 270 g/mol. The first-order chi connectivity index (χ1) is 9.01. The molecule has 19 heavy (non-hydrogen) atoms. The maximum Gasteiger partial charge on any atom is 0.162 e. The fraction of sp³-hybridized carbons (Fsp3) is 0.786. The molecule has 0 aliphatic heterocycles. The van der Waals surface area contributed by atoms with Crippen LogP contribution in [-0.4, -0.2) is 30.5 Å². The average Bonchev–Trinajstić information content (AvgIpc) is 2.78. The van der Waals surface area contributed by atoms with Crippen LogP contribution in [0.4, 0.5) is 0 Å². The summed E-state index contributed by atoms with van der Waals surface area (Å²) in [7, 11) is 0. The zero-order valence-corrected chi connectivity index (χ0v) is 12.5. The third kappa shape index (κ3) is 7.97. The Morgan fingerprint density at radius 1 is 1.21 bits per heavy atom. The summed E-state index contributed by atoms with van der Waals surface area (Å²) in [6.07, 6.45) is 1.03. The van der Waals surface area contributed by atoms with Gasteiger partial charge in [-0.1, -0.05) is 12.1 Å². The van der Waals surface area contributed by atoms with Gasteiger partial charge in [0.15, 0.2) is 5.76 Å². The SMILES string of the molecule is CCCOCCOCc1cc(CNC(C)(C)C)no1. The van der Waals surface area contributed by atoms with Crippen molar-refractivity contribution in [2.75, 3.05) is 19.8 Å². The highest BCUT2D eigenvalue weighted by Gasteiger charge is 2.10. The van der Waals surface area contributed by atoms with E-state index in [1.807, 2.05) is 6.07 Å².